The summed E-state index contributed by atoms with van der Waals surface area (Å²) in [6, 6.07) is 17.2. The first kappa shape index (κ1) is 26.1. The van der Waals surface area contributed by atoms with Crippen LogP contribution in [0.2, 0.25) is 0 Å². The third-order valence-corrected chi connectivity index (χ3v) is 6.34. The van der Waals surface area contributed by atoms with Gasteiger partial charge in [-0.05, 0) is 105 Å². The summed E-state index contributed by atoms with van der Waals surface area (Å²) in [6.45, 7) is 1.74. The highest BCUT2D eigenvalue weighted by Gasteiger charge is 2.22. The lowest BCUT2D eigenvalue weighted by Gasteiger charge is -2.17. The molecular weight excluding hydrogens is 664 g/mol. The Labute approximate surface area is 225 Å². The molecule has 0 aliphatic heterocycles. The van der Waals surface area contributed by atoms with Crippen LogP contribution in [0.25, 0.3) is 0 Å². The van der Waals surface area contributed by atoms with Crippen molar-refractivity contribution in [2.45, 2.75) is 26.0 Å². The van der Waals surface area contributed by atoms with Crippen LogP contribution in [0.15, 0.2) is 60.7 Å². The predicted molar refractivity (Wildman–Crippen MR) is 144 cm³/mol. The lowest BCUT2D eigenvalue weighted by molar-refractivity contribution is -0.144. The number of amides is 1. The van der Waals surface area contributed by atoms with E-state index in [0.29, 0.717) is 24.5 Å². The van der Waals surface area contributed by atoms with Gasteiger partial charge in [0.1, 0.15) is 35.6 Å². The van der Waals surface area contributed by atoms with Gasteiger partial charge in [-0.15, -0.1) is 0 Å². The Morgan fingerprint density at radius 1 is 0.941 bits per heavy atom. The van der Waals surface area contributed by atoms with Gasteiger partial charge in [0.15, 0.2) is 0 Å². The number of aromatic hydroxyl groups is 1. The minimum absolute atomic E-state index is 0.188. The van der Waals surface area contributed by atoms with E-state index in [1.165, 1.54) is 14.0 Å². The van der Waals surface area contributed by atoms with Crippen LogP contribution >= 0.6 is 45.2 Å². The standard InChI is InChI=1S/C25H23I2NO6/c1-15(29)28-23(25(31)32-2)13-17-11-21(26)24(22(27)12-17)33-14-16-3-7-19(8-4-16)34-20-9-5-18(30)6-10-20/h3-12,23,30H,13-14H2,1-2H3,(H,28,29)/t23-/m0/s1. The molecule has 1 atom stereocenters. The monoisotopic (exact) mass is 687 g/mol. The van der Waals surface area contributed by atoms with Gasteiger partial charge in [-0.3, -0.25) is 4.79 Å². The Hall–Kier alpha value is -2.54. The zero-order valence-electron chi connectivity index (χ0n) is 18.5. The van der Waals surface area contributed by atoms with Crippen molar-refractivity contribution < 1.29 is 28.9 Å². The van der Waals surface area contributed by atoms with E-state index in [1.54, 1.807) is 24.3 Å². The number of hydrogen-bond donors (Lipinski definition) is 2. The van der Waals surface area contributed by atoms with Crippen LogP contribution in [0, 0.1) is 7.14 Å². The number of methoxy groups -OCH3 is 1. The second-order valence-electron chi connectivity index (χ2n) is 7.40. The molecule has 3 aromatic rings. The Morgan fingerprint density at radius 3 is 2.03 bits per heavy atom. The number of esters is 1. The fourth-order valence-electron chi connectivity index (χ4n) is 3.14. The van der Waals surface area contributed by atoms with Crippen LogP contribution in [-0.4, -0.2) is 30.1 Å². The average molecular weight is 687 g/mol. The summed E-state index contributed by atoms with van der Waals surface area (Å²) in [4.78, 5) is 23.4. The second-order valence-corrected chi connectivity index (χ2v) is 9.72. The summed E-state index contributed by atoms with van der Waals surface area (Å²) in [7, 11) is 1.30. The molecule has 9 heteroatoms. The van der Waals surface area contributed by atoms with Gasteiger partial charge in [0.2, 0.25) is 5.91 Å². The van der Waals surface area contributed by atoms with E-state index in [2.05, 4.69) is 50.5 Å². The van der Waals surface area contributed by atoms with E-state index < -0.39 is 12.0 Å². The van der Waals surface area contributed by atoms with Gasteiger partial charge in [0.05, 0.1) is 14.3 Å². The van der Waals surface area contributed by atoms with Crippen molar-refractivity contribution in [3.63, 3.8) is 0 Å². The molecule has 0 aliphatic carbocycles. The summed E-state index contributed by atoms with van der Waals surface area (Å²) < 4.78 is 18.4. The van der Waals surface area contributed by atoms with Gasteiger partial charge >= 0.3 is 5.97 Å². The number of phenols is 1. The minimum Gasteiger partial charge on any atom is -0.508 e. The normalized spacial score (nSPS) is 11.4. The minimum atomic E-state index is -0.747. The maximum atomic E-state index is 12.0. The molecule has 0 unspecified atom stereocenters. The number of carbonyl (C=O) groups is 2. The first-order chi connectivity index (χ1) is 16.2. The number of nitrogens with one attached hydrogen (secondary N) is 1. The smallest absolute Gasteiger partial charge is 0.328 e. The zero-order chi connectivity index (χ0) is 24.7. The predicted octanol–water partition coefficient (Wildman–Crippen LogP) is 5.19. The van der Waals surface area contributed by atoms with Crippen LogP contribution in [-0.2, 0) is 27.4 Å². The number of halogens is 2. The maximum Gasteiger partial charge on any atom is 0.328 e. The van der Waals surface area contributed by atoms with E-state index >= 15 is 0 Å². The van der Waals surface area contributed by atoms with Gasteiger partial charge in [-0.1, -0.05) is 12.1 Å². The Balaban J connectivity index is 1.63. The summed E-state index contributed by atoms with van der Waals surface area (Å²) in [5, 5.41) is 12.0. The molecule has 0 aromatic heterocycles. The third kappa shape index (κ3) is 7.49. The highest BCUT2D eigenvalue weighted by atomic mass is 127. The summed E-state index contributed by atoms with van der Waals surface area (Å²) in [6.07, 6.45) is 0.320. The Kier molecular flexibility index (Phi) is 9.39. The number of rotatable bonds is 9. The van der Waals surface area contributed by atoms with E-state index in [9.17, 15) is 14.7 Å². The second kappa shape index (κ2) is 12.2. The molecule has 0 saturated heterocycles. The lowest BCUT2D eigenvalue weighted by Crippen LogP contribution is -2.42. The molecule has 0 fully saturated rings. The van der Waals surface area contributed by atoms with E-state index in [0.717, 1.165) is 24.0 Å². The topological polar surface area (TPSA) is 94.1 Å². The molecule has 1 amide bonds. The van der Waals surface area contributed by atoms with Crippen molar-refractivity contribution in [1.29, 1.82) is 0 Å². The first-order valence-corrected chi connectivity index (χ1v) is 12.4. The summed E-state index contributed by atoms with van der Waals surface area (Å²) in [5.41, 5.74) is 1.87. The van der Waals surface area contributed by atoms with E-state index in [1.807, 2.05) is 36.4 Å². The van der Waals surface area contributed by atoms with Crippen molar-refractivity contribution in [2.75, 3.05) is 7.11 Å². The largest absolute Gasteiger partial charge is 0.508 e. The van der Waals surface area contributed by atoms with Crippen molar-refractivity contribution in [3.8, 4) is 23.0 Å². The van der Waals surface area contributed by atoms with Gasteiger partial charge in [0.25, 0.3) is 0 Å². The van der Waals surface area contributed by atoms with Crippen molar-refractivity contribution in [3.05, 3.63) is 78.9 Å². The van der Waals surface area contributed by atoms with Gasteiger partial charge in [-0.25, -0.2) is 4.79 Å². The molecule has 0 saturated carbocycles. The molecule has 0 bridgehead atoms. The molecule has 7 nitrogen and oxygen atoms in total. The highest BCUT2D eigenvalue weighted by Crippen LogP contribution is 2.31. The molecule has 34 heavy (non-hydrogen) atoms. The fraction of sp³-hybridized carbons (Fsp3) is 0.200. The van der Waals surface area contributed by atoms with Gasteiger partial charge in [-0.2, -0.15) is 0 Å². The molecule has 0 heterocycles. The summed E-state index contributed by atoms with van der Waals surface area (Å²) >= 11 is 4.40. The third-order valence-electron chi connectivity index (χ3n) is 4.74. The van der Waals surface area contributed by atoms with Crippen molar-refractivity contribution in [2.24, 2.45) is 0 Å². The molecular formula is C25H23I2NO6. The average Bonchev–Trinajstić information content (AvgIpc) is 2.80. The SMILES string of the molecule is COC(=O)[C@H](Cc1cc(I)c(OCc2ccc(Oc3ccc(O)cc3)cc2)c(I)c1)NC(C)=O. The molecule has 3 aromatic carbocycles. The van der Waals surface area contributed by atoms with Gasteiger partial charge in [0, 0.05) is 13.3 Å². The van der Waals surface area contributed by atoms with E-state index in [-0.39, 0.29) is 11.7 Å². The van der Waals surface area contributed by atoms with Crippen molar-refractivity contribution >= 4 is 57.1 Å². The highest BCUT2D eigenvalue weighted by molar-refractivity contribution is 14.1. The first-order valence-electron chi connectivity index (χ1n) is 10.3. The number of benzene rings is 3. The number of ether oxygens (including phenoxy) is 3. The molecule has 0 aliphatic rings. The van der Waals surface area contributed by atoms with Crippen LogP contribution in [0.1, 0.15) is 18.1 Å². The zero-order valence-corrected chi connectivity index (χ0v) is 22.8. The Bertz CT molecular complexity index is 1130. The fourth-order valence-corrected chi connectivity index (χ4v) is 5.35. The Morgan fingerprint density at radius 2 is 1.50 bits per heavy atom. The number of hydrogen-bond acceptors (Lipinski definition) is 6. The maximum absolute atomic E-state index is 12.0. The van der Waals surface area contributed by atoms with Crippen LogP contribution in [0.3, 0.4) is 0 Å². The van der Waals surface area contributed by atoms with Crippen LogP contribution in [0.5, 0.6) is 23.0 Å². The molecule has 178 valence electrons. The van der Waals surface area contributed by atoms with Crippen molar-refractivity contribution in [1.82, 2.24) is 5.32 Å². The molecule has 3 rings (SSSR count). The number of phenolic OH excluding ortho intramolecular Hbond substituents is 1. The molecule has 0 radical (unpaired) electrons. The lowest BCUT2D eigenvalue weighted by atomic mass is 10.1. The summed E-state index contributed by atoms with van der Waals surface area (Å²) in [5.74, 6) is 1.48. The quantitative estimate of drug-likeness (QED) is 0.238. The van der Waals surface area contributed by atoms with Crippen LogP contribution in [0.4, 0.5) is 0 Å². The molecule has 2 N–H and O–H groups in total. The number of carbonyl (C=O) groups excluding carboxylic acids is 2. The molecule has 0 spiro atoms. The van der Waals surface area contributed by atoms with Gasteiger partial charge < -0.3 is 24.6 Å². The van der Waals surface area contributed by atoms with Crippen LogP contribution < -0.4 is 14.8 Å². The van der Waals surface area contributed by atoms with E-state index in [4.69, 9.17) is 14.2 Å².